The molecule has 1 aromatic carbocycles. The van der Waals surface area contributed by atoms with Crippen LogP contribution in [0.5, 0.6) is 11.5 Å². The van der Waals surface area contributed by atoms with E-state index in [0.29, 0.717) is 40.5 Å². The lowest BCUT2D eigenvalue weighted by Gasteiger charge is -2.12. The summed E-state index contributed by atoms with van der Waals surface area (Å²) in [5.74, 6) is 3.24. The van der Waals surface area contributed by atoms with Crippen LogP contribution in [0.15, 0.2) is 36.7 Å². The molecule has 0 fully saturated rings. The van der Waals surface area contributed by atoms with Gasteiger partial charge in [-0.1, -0.05) is 5.92 Å². The van der Waals surface area contributed by atoms with Crippen molar-refractivity contribution in [2.75, 3.05) is 7.11 Å². The van der Waals surface area contributed by atoms with E-state index in [4.69, 9.17) is 21.2 Å². The van der Waals surface area contributed by atoms with E-state index in [2.05, 4.69) is 31.9 Å². The van der Waals surface area contributed by atoms with Gasteiger partial charge < -0.3 is 19.4 Å². The number of aromatic nitrogens is 4. The summed E-state index contributed by atoms with van der Waals surface area (Å²) in [5.41, 5.74) is 3.90. The van der Waals surface area contributed by atoms with Crippen molar-refractivity contribution in [2.24, 2.45) is 0 Å². The highest BCUT2D eigenvalue weighted by molar-refractivity contribution is 5.81. The van der Waals surface area contributed by atoms with Crippen LogP contribution in [0.25, 0.3) is 17.1 Å². The molecule has 0 radical (unpaired) electrons. The SMILES string of the molecule is C#C/C=C\c1nc(COc2cc(F)c(Cc3c[nH]c4ncc(C#N)cc34)cc2OC)[nH]c1C. The monoisotopic (exact) mass is 441 g/mol. The van der Waals surface area contributed by atoms with Gasteiger partial charge in [0.25, 0.3) is 0 Å². The fourth-order valence-electron chi connectivity index (χ4n) is 3.50. The minimum atomic E-state index is -0.433. The standard InChI is InChI=1S/C25H20FN5O2/c1-4-5-6-21-15(2)30-24(31-21)14-33-23-10-20(26)17(9-22(23)32-3)8-18-13-29-25-19(18)7-16(11-27)12-28-25/h1,5-7,9-10,12-13H,8,14H2,2-3H3,(H,28,29)(H,30,31)/b6-5-. The lowest BCUT2D eigenvalue weighted by Crippen LogP contribution is -2.02. The highest BCUT2D eigenvalue weighted by Crippen LogP contribution is 2.32. The molecule has 3 aromatic heterocycles. The van der Waals surface area contributed by atoms with Crippen LogP contribution in [0.3, 0.4) is 0 Å². The molecule has 0 amide bonds. The number of imidazole rings is 1. The smallest absolute Gasteiger partial charge is 0.164 e. The first-order valence-corrected chi connectivity index (χ1v) is 10.1. The first-order valence-electron chi connectivity index (χ1n) is 10.1. The number of terminal acetylenes is 1. The van der Waals surface area contributed by atoms with E-state index >= 15 is 0 Å². The zero-order chi connectivity index (χ0) is 23.4. The number of aryl methyl sites for hydroxylation is 1. The maximum Gasteiger partial charge on any atom is 0.164 e. The molecule has 0 aliphatic carbocycles. The van der Waals surface area contributed by atoms with Crippen molar-refractivity contribution in [3.63, 3.8) is 0 Å². The van der Waals surface area contributed by atoms with Crippen LogP contribution in [-0.4, -0.2) is 27.0 Å². The van der Waals surface area contributed by atoms with Crippen LogP contribution < -0.4 is 9.47 Å². The van der Waals surface area contributed by atoms with Gasteiger partial charge in [0.2, 0.25) is 0 Å². The van der Waals surface area contributed by atoms with Gasteiger partial charge in [0.15, 0.2) is 11.5 Å². The van der Waals surface area contributed by atoms with Crippen LogP contribution in [0, 0.1) is 36.4 Å². The Morgan fingerprint density at radius 1 is 1.24 bits per heavy atom. The number of aromatic amines is 2. The molecule has 164 valence electrons. The van der Waals surface area contributed by atoms with Crippen LogP contribution in [0.4, 0.5) is 4.39 Å². The molecule has 0 unspecified atom stereocenters. The summed E-state index contributed by atoms with van der Waals surface area (Å²) >= 11 is 0. The number of pyridine rings is 1. The number of nitrogens with one attached hydrogen (secondary N) is 2. The zero-order valence-corrected chi connectivity index (χ0v) is 18.1. The predicted molar refractivity (Wildman–Crippen MR) is 122 cm³/mol. The maximum atomic E-state index is 15.0. The van der Waals surface area contributed by atoms with E-state index in [1.165, 1.54) is 19.4 Å². The summed E-state index contributed by atoms with van der Waals surface area (Å²) in [6.45, 7) is 1.98. The summed E-state index contributed by atoms with van der Waals surface area (Å²) in [4.78, 5) is 14.8. The number of H-pyrrole nitrogens is 2. The Morgan fingerprint density at radius 2 is 2.09 bits per heavy atom. The number of halogens is 1. The van der Waals surface area contributed by atoms with E-state index in [-0.39, 0.29) is 12.4 Å². The Kier molecular flexibility index (Phi) is 6.10. The van der Waals surface area contributed by atoms with E-state index < -0.39 is 5.82 Å². The van der Waals surface area contributed by atoms with Crippen molar-refractivity contribution in [3.05, 3.63) is 76.4 Å². The lowest BCUT2D eigenvalue weighted by atomic mass is 10.0. The van der Waals surface area contributed by atoms with Gasteiger partial charge in [-0.05, 0) is 42.3 Å². The van der Waals surface area contributed by atoms with Crippen LogP contribution in [0.1, 0.15) is 33.9 Å². The second-order valence-electron chi connectivity index (χ2n) is 7.30. The number of ether oxygens (including phenoxy) is 2. The van der Waals surface area contributed by atoms with Gasteiger partial charge in [0.1, 0.15) is 30.0 Å². The third kappa shape index (κ3) is 4.56. The molecule has 0 saturated carbocycles. The second-order valence-corrected chi connectivity index (χ2v) is 7.30. The second kappa shape index (κ2) is 9.29. The highest BCUT2D eigenvalue weighted by atomic mass is 19.1. The zero-order valence-electron chi connectivity index (χ0n) is 18.1. The number of allylic oxidation sites excluding steroid dienone is 1. The molecule has 0 aliphatic rings. The fraction of sp³-hybridized carbons (Fsp3) is 0.160. The molecule has 0 aliphatic heterocycles. The fourth-order valence-corrected chi connectivity index (χ4v) is 3.50. The van der Waals surface area contributed by atoms with Gasteiger partial charge >= 0.3 is 0 Å². The van der Waals surface area contributed by atoms with Gasteiger partial charge in [-0.15, -0.1) is 6.42 Å². The summed E-state index contributed by atoms with van der Waals surface area (Å²) < 4.78 is 26.2. The largest absolute Gasteiger partial charge is 0.493 e. The predicted octanol–water partition coefficient (Wildman–Crippen LogP) is 4.43. The molecular formula is C25H20FN5O2. The van der Waals surface area contributed by atoms with E-state index in [1.54, 1.807) is 30.5 Å². The van der Waals surface area contributed by atoms with Crippen molar-refractivity contribution in [2.45, 2.75) is 20.0 Å². The number of fused-ring (bicyclic) bond motifs is 1. The molecule has 0 saturated heterocycles. The molecule has 8 heteroatoms. The molecule has 0 spiro atoms. The average molecular weight is 441 g/mol. The molecule has 33 heavy (non-hydrogen) atoms. The Bertz CT molecular complexity index is 1440. The van der Waals surface area contributed by atoms with Crippen molar-refractivity contribution in [1.29, 1.82) is 5.26 Å². The third-order valence-electron chi connectivity index (χ3n) is 5.13. The number of rotatable bonds is 7. The summed E-state index contributed by atoms with van der Waals surface area (Å²) in [5, 5.41) is 9.91. The van der Waals surface area contributed by atoms with Gasteiger partial charge in [0, 0.05) is 36.0 Å². The van der Waals surface area contributed by atoms with Crippen molar-refractivity contribution < 1.29 is 13.9 Å². The Labute approximate surface area is 189 Å². The Morgan fingerprint density at radius 3 is 2.85 bits per heavy atom. The molecule has 3 heterocycles. The van der Waals surface area contributed by atoms with Crippen LogP contribution in [0.2, 0.25) is 0 Å². The topological polar surface area (TPSA) is 99.6 Å². The lowest BCUT2D eigenvalue weighted by molar-refractivity contribution is 0.275. The van der Waals surface area contributed by atoms with Crippen molar-refractivity contribution >= 4 is 17.1 Å². The van der Waals surface area contributed by atoms with Crippen molar-refractivity contribution in [3.8, 4) is 29.9 Å². The molecule has 4 aromatic rings. The van der Waals surface area contributed by atoms with Gasteiger partial charge in [-0.2, -0.15) is 5.26 Å². The Balaban J connectivity index is 1.56. The maximum absolute atomic E-state index is 15.0. The average Bonchev–Trinajstić information content (AvgIpc) is 3.39. The number of nitrogens with zero attached hydrogens (tertiary/aromatic N) is 3. The normalized spacial score (nSPS) is 10.9. The number of methoxy groups -OCH3 is 1. The summed E-state index contributed by atoms with van der Waals surface area (Å²) in [6, 6.07) is 6.72. The van der Waals surface area contributed by atoms with E-state index in [9.17, 15) is 4.39 Å². The number of hydrogen-bond acceptors (Lipinski definition) is 5. The third-order valence-corrected chi connectivity index (χ3v) is 5.13. The van der Waals surface area contributed by atoms with Crippen molar-refractivity contribution in [1.82, 2.24) is 19.9 Å². The molecule has 2 N–H and O–H groups in total. The summed E-state index contributed by atoms with van der Waals surface area (Å²) in [6.07, 6.45) is 12.1. The first-order chi connectivity index (χ1) is 16.0. The van der Waals surface area contributed by atoms with Gasteiger partial charge in [-0.3, -0.25) is 0 Å². The molecule has 0 atom stereocenters. The number of nitriles is 1. The van der Waals surface area contributed by atoms with Gasteiger partial charge in [-0.25, -0.2) is 14.4 Å². The molecule has 0 bridgehead atoms. The quantitative estimate of drug-likeness (QED) is 0.413. The number of benzene rings is 1. The minimum Gasteiger partial charge on any atom is -0.493 e. The molecule has 4 rings (SSSR count). The van der Waals surface area contributed by atoms with Crippen LogP contribution in [-0.2, 0) is 13.0 Å². The highest BCUT2D eigenvalue weighted by Gasteiger charge is 2.16. The van der Waals surface area contributed by atoms with E-state index in [1.807, 2.05) is 6.92 Å². The molecular weight excluding hydrogens is 421 g/mol. The van der Waals surface area contributed by atoms with Crippen LogP contribution >= 0.6 is 0 Å². The number of hydrogen-bond donors (Lipinski definition) is 2. The minimum absolute atomic E-state index is 0.102. The summed E-state index contributed by atoms with van der Waals surface area (Å²) in [7, 11) is 1.50. The first kappa shape index (κ1) is 21.7. The molecule has 7 nitrogen and oxygen atoms in total. The Hall–Kier alpha value is -4.56. The van der Waals surface area contributed by atoms with Gasteiger partial charge in [0.05, 0.1) is 18.4 Å². The van der Waals surface area contributed by atoms with E-state index in [0.717, 1.165) is 16.6 Å².